The first-order chi connectivity index (χ1) is 8.29. The van der Waals surface area contributed by atoms with E-state index in [1.54, 1.807) is 12.4 Å². The van der Waals surface area contributed by atoms with Crippen molar-refractivity contribution < 1.29 is 4.52 Å². The van der Waals surface area contributed by atoms with Gasteiger partial charge in [0.05, 0.1) is 6.07 Å². The Labute approximate surface area is 107 Å². The van der Waals surface area contributed by atoms with E-state index in [4.69, 9.17) is 9.78 Å². The van der Waals surface area contributed by atoms with Crippen LogP contribution in [0, 0.1) is 11.3 Å². The van der Waals surface area contributed by atoms with Crippen LogP contribution in [0.4, 0.5) is 0 Å². The monoisotopic (exact) mass is 292 g/mol. The van der Waals surface area contributed by atoms with Crippen molar-refractivity contribution in [2.75, 3.05) is 0 Å². The minimum absolute atomic E-state index is 0.496. The van der Waals surface area contributed by atoms with Gasteiger partial charge < -0.3 is 4.52 Å². The van der Waals surface area contributed by atoms with Crippen LogP contribution in [0.2, 0.25) is 0 Å². The molecule has 2 rings (SSSR count). The molecule has 0 unspecified atom stereocenters. The molecule has 2 aromatic rings. The molecule has 6 heteroatoms. The molecule has 0 atom stereocenters. The highest BCUT2D eigenvalue weighted by molar-refractivity contribution is 9.10. The summed E-state index contributed by atoms with van der Waals surface area (Å²) in [5.74, 6) is 1.07. The number of nitriles is 1. The van der Waals surface area contributed by atoms with E-state index < -0.39 is 0 Å². The third-order valence-corrected chi connectivity index (χ3v) is 2.54. The molecule has 0 N–H and O–H groups in total. The maximum Gasteiger partial charge on any atom is 0.226 e. The van der Waals surface area contributed by atoms with Crippen LogP contribution in [0.3, 0.4) is 0 Å². The maximum atomic E-state index is 8.43. The summed E-state index contributed by atoms with van der Waals surface area (Å²) in [5, 5.41) is 12.3. The molecule has 0 aliphatic heterocycles. The first kappa shape index (κ1) is 11.7. The summed E-state index contributed by atoms with van der Waals surface area (Å²) in [6.07, 6.45) is 5.22. The SMILES string of the molecule is N#CCCCc1nc(-c2cncc(Br)c2)no1. The molecule has 17 heavy (non-hydrogen) atoms. The lowest BCUT2D eigenvalue weighted by Crippen LogP contribution is -1.86. The second kappa shape index (κ2) is 5.55. The van der Waals surface area contributed by atoms with E-state index in [1.165, 1.54) is 0 Å². The van der Waals surface area contributed by atoms with E-state index >= 15 is 0 Å². The summed E-state index contributed by atoms with van der Waals surface area (Å²) < 4.78 is 5.96. The summed E-state index contributed by atoms with van der Waals surface area (Å²) in [5.41, 5.74) is 0.801. The quantitative estimate of drug-likeness (QED) is 0.810. The molecule has 0 saturated carbocycles. The third-order valence-electron chi connectivity index (χ3n) is 2.11. The van der Waals surface area contributed by atoms with Crippen LogP contribution in [0.1, 0.15) is 18.7 Å². The van der Waals surface area contributed by atoms with Crippen LogP contribution in [0.5, 0.6) is 0 Å². The first-order valence-electron chi connectivity index (χ1n) is 5.10. The van der Waals surface area contributed by atoms with Gasteiger partial charge in [0.25, 0.3) is 0 Å². The molecule has 0 saturated heterocycles. The van der Waals surface area contributed by atoms with Crippen molar-refractivity contribution in [2.45, 2.75) is 19.3 Å². The van der Waals surface area contributed by atoms with Crippen molar-refractivity contribution in [1.29, 1.82) is 5.26 Å². The Hall–Kier alpha value is -1.74. The van der Waals surface area contributed by atoms with Crippen molar-refractivity contribution in [3.63, 3.8) is 0 Å². The number of rotatable bonds is 4. The van der Waals surface area contributed by atoms with Crippen molar-refractivity contribution in [3.8, 4) is 17.5 Å². The number of unbranched alkanes of at least 4 members (excludes halogenated alkanes) is 1. The molecule has 2 aromatic heterocycles. The van der Waals surface area contributed by atoms with E-state index in [2.05, 4.69) is 37.1 Å². The van der Waals surface area contributed by atoms with E-state index in [0.717, 1.165) is 16.5 Å². The highest BCUT2D eigenvalue weighted by Crippen LogP contribution is 2.19. The van der Waals surface area contributed by atoms with E-state index in [1.807, 2.05) is 6.07 Å². The van der Waals surface area contributed by atoms with Crippen molar-refractivity contribution in [3.05, 3.63) is 28.8 Å². The predicted molar refractivity (Wildman–Crippen MR) is 63.8 cm³/mol. The van der Waals surface area contributed by atoms with Gasteiger partial charge in [-0.25, -0.2) is 0 Å². The van der Waals surface area contributed by atoms with Gasteiger partial charge in [0.2, 0.25) is 11.7 Å². The lowest BCUT2D eigenvalue weighted by molar-refractivity contribution is 0.376. The summed E-state index contributed by atoms with van der Waals surface area (Å²) in [6, 6.07) is 3.95. The zero-order valence-corrected chi connectivity index (χ0v) is 10.5. The van der Waals surface area contributed by atoms with Crippen LogP contribution in [-0.4, -0.2) is 15.1 Å². The summed E-state index contributed by atoms with van der Waals surface area (Å²) >= 11 is 3.33. The first-order valence-corrected chi connectivity index (χ1v) is 5.89. The van der Waals surface area contributed by atoms with Crippen LogP contribution >= 0.6 is 15.9 Å². The average Bonchev–Trinajstić information content (AvgIpc) is 2.78. The summed E-state index contributed by atoms with van der Waals surface area (Å²) in [4.78, 5) is 8.28. The molecule has 0 aromatic carbocycles. The second-order valence-corrected chi connectivity index (χ2v) is 4.33. The van der Waals surface area contributed by atoms with Gasteiger partial charge in [0.1, 0.15) is 0 Å². The van der Waals surface area contributed by atoms with Crippen LogP contribution in [0.15, 0.2) is 27.5 Å². The van der Waals surface area contributed by atoms with Crippen LogP contribution in [0.25, 0.3) is 11.4 Å². The zero-order valence-electron chi connectivity index (χ0n) is 8.93. The molecule has 0 bridgehead atoms. The summed E-state index contributed by atoms with van der Waals surface area (Å²) in [7, 11) is 0. The Morgan fingerprint density at radius 3 is 3.06 bits per heavy atom. The molecular formula is C11H9BrN4O. The zero-order chi connectivity index (χ0) is 12.1. The van der Waals surface area contributed by atoms with E-state index in [9.17, 15) is 0 Å². The Balaban J connectivity index is 2.10. The largest absolute Gasteiger partial charge is 0.339 e. The minimum Gasteiger partial charge on any atom is -0.339 e. The fourth-order valence-electron chi connectivity index (χ4n) is 1.33. The number of hydrogen-bond acceptors (Lipinski definition) is 5. The smallest absolute Gasteiger partial charge is 0.226 e. The lowest BCUT2D eigenvalue weighted by atomic mass is 10.2. The molecule has 2 heterocycles. The molecule has 0 fully saturated rings. The molecule has 0 spiro atoms. The third kappa shape index (κ3) is 3.11. The number of aromatic nitrogens is 3. The van der Waals surface area contributed by atoms with Gasteiger partial charge in [-0.1, -0.05) is 5.16 Å². The van der Waals surface area contributed by atoms with E-state index in [-0.39, 0.29) is 0 Å². The Bertz CT molecular complexity index is 546. The van der Waals surface area contributed by atoms with Gasteiger partial charge in [0, 0.05) is 35.3 Å². The van der Waals surface area contributed by atoms with Crippen molar-refractivity contribution in [1.82, 2.24) is 15.1 Å². The standard InChI is InChI=1S/C11H9BrN4O/c12-9-5-8(6-14-7-9)11-15-10(17-16-11)3-1-2-4-13/h5-7H,1-3H2. The molecular weight excluding hydrogens is 284 g/mol. The predicted octanol–water partition coefficient (Wildman–Crippen LogP) is 2.74. The van der Waals surface area contributed by atoms with Gasteiger partial charge in [-0.05, 0) is 28.4 Å². The van der Waals surface area contributed by atoms with Crippen LogP contribution < -0.4 is 0 Å². The summed E-state index contributed by atoms with van der Waals surface area (Å²) in [6.45, 7) is 0. The molecule has 5 nitrogen and oxygen atoms in total. The Kier molecular flexibility index (Phi) is 3.83. The van der Waals surface area contributed by atoms with Gasteiger partial charge >= 0.3 is 0 Å². The lowest BCUT2D eigenvalue weighted by Gasteiger charge is -1.93. The van der Waals surface area contributed by atoms with Gasteiger partial charge in [-0.15, -0.1) is 0 Å². The van der Waals surface area contributed by atoms with Gasteiger partial charge in [-0.3, -0.25) is 4.98 Å². The second-order valence-electron chi connectivity index (χ2n) is 3.42. The van der Waals surface area contributed by atoms with E-state index in [0.29, 0.717) is 24.6 Å². The Morgan fingerprint density at radius 2 is 2.29 bits per heavy atom. The van der Waals surface area contributed by atoms with Crippen LogP contribution in [-0.2, 0) is 6.42 Å². The highest BCUT2D eigenvalue weighted by atomic mass is 79.9. The molecule has 0 aliphatic carbocycles. The number of hydrogen-bond donors (Lipinski definition) is 0. The fraction of sp³-hybridized carbons (Fsp3) is 0.273. The average molecular weight is 293 g/mol. The minimum atomic E-state index is 0.496. The van der Waals surface area contributed by atoms with Gasteiger partial charge in [-0.2, -0.15) is 10.2 Å². The maximum absolute atomic E-state index is 8.43. The molecule has 0 aliphatic rings. The van der Waals surface area contributed by atoms with Crippen molar-refractivity contribution in [2.24, 2.45) is 0 Å². The molecule has 0 radical (unpaired) electrons. The fourth-order valence-corrected chi connectivity index (χ4v) is 1.69. The Morgan fingerprint density at radius 1 is 1.41 bits per heavy atom. The van der Waals surface area contributed by atoms with Gasteiger partial charge in [0.15, 0.2) is 0 Å². The van der Waals surface area contributed by atoms with Crippen molar-refractivity contribution >= 4 is 15.9 Å². The molecule has 0 amide bonds. The number of pyridine rings is 1. The topological polar surface area (TPSA) is 75.6 Å². The normalized spacial score (nSPS) is 10.1. The number of halogens is 1. The highest BCUT2D eigenvalue weighted by Gasteiger charge is 2.08. The number of nitrogens with zero attached hydrogens (tertiary/aromatic N) is 4. The number of aryl methyl sites for hydroxylation is 1. The molecule has 86 valence electrons.